The van der Waals surface area contributed by atoms with Crippen LogP contribution in [0.5, 0.6) is 5.75 Å². The largest absolute Gasteiger partial charge is 0.457 e. The second-order valence-electron chi connectivity index (χ2n) is 5.69. The third-order valence-electron chi connectivity index (χ3n) is 3.83. The van der Waals surface area contributed by atoms with Crippen LogP contribution >= 0.6 is 0 Å². The molecule has 1 aliphatic rings. The van der Waals surface area contributed by atoms with Crippen molar-refractivity contribution < 1.29 is 37.0 Å². The fourth-order valence-corrected chi connectivity index (χ4v) is 2.26. The van der Waals surface area contributed by atoms with Crippen LogP contribution in [0.1, 0.15) is 28.6 Å². The third-order valence-corrected chi connectivity index (χ3v) is 3.83. The summed E-state index contributed by atoms with van der Waals surface area (Å²) in [5, 5.41) is 11.3. The number of anilines is 1. The summed E-state index contributed by atoms with van der Waals surface area (Å²) in [6, 6.07) is 5.68. The number of rotatable bonds is 2. The molecule has 0 radical (unpaired) electrons. The SMILES string of the molecule is CC(O)(C(=O)Nc1ccc2c(c1)OC(=O)c1occc1C2)C(F)(F)F. The molecule has 1 aromatic carbocycles. The lowest BCUT2D eigenvalue weighted by atomic mass is 10.0. The van der Waals surface area contributed by atoms with Crippen LogP contribution in [0.2, 0.25) is 0 Å². The predicted octanol–water partition coefficient (Wildman–Crippen LogP) is 2.65. The zero-order valence-corrected chi connectivity index (χ0v) is 12.8. The molecule has 0 aliphatic carbocycles. The van der Waals surface area contributed by atoms with E-state index in [0.717, 1.165) is 0 Å². The number of hydrogen-bond acceptors (Lipinski definition) is 5. The highest BCUT2D eigenvalue weighted by molar-refractivity contribution is 5.98. The molecule has 0 fully saturated rings. The molecular weight excluding hydrogens is 343 g/mol. The summed E-state index contributed by atoms with van der Waals surface area (Å²) in [5.74, 6) is -2.26. The number of furan rings is 1. The smallest absolute Gasteiger partial charge is 0.426 e. The molecule has 6 nitrogen and oxygen atoms in total. The van der Waals surface area contributed by atoms with Crippen molar-refractivity contribution in [3.63, 3.8) is 0 Å². The van der Waals surface area contributed by atoms with Crippen LogP contribution < -0.4 is 10.1 Å². The summed E-state index contributed by atoms with van der Waals surface area (Å²) in [5.41, 5.74) is -2.41. The molecule has 1 aliphatic heterocycles. The molecule has 1 aromatic heterocycles. The second kappa shape index (κ2) is 5.62. The quantitative estimate of drug-likeness (QED) is 0.639. The lowest BCUT2D eigenvalue weighted by molar-refractivity contribution is -0.242. The minimum absolute atomic E-state index is 0.0433. The number of alkyl halides is 3. The molecule has 9 heteroatoms. The van der Waals surface area contributed by atoms with Gasteiger partial charge in [0, 0.05) is 23.7 Å². The Bertz CT molecular complexity index is 854. The van der Waals surface area contributed by atoms with Crippen LogP contribution in [-0.2, 0) is 11.2 Å². The van der Waals surface area contributed by atoms with E-state index in [1.54, 1.807) is 6.07 Å². The first-order valence-corrected chi connectivity index (χ1v) is 7.11. The Hall–Kier alpha value is -2.81. The molecule has 0 bridgehead atoms. The van der Waals surface area contributed by atoms with Crippen LogP contribution in [0.3, 0.4) is 0 Å². The molecular formula is C16H12F3NO5. The summed E-state index contributed by atoms with van der Waals surface area (Å²) in [4.78, 5) is 23.7. The van der Waals surface area contributed by atoms with E-state index in [4.69, 9.17) is 9.15 Å². The first-order chi connectivity index (χ1) is 11.6. The summed E-state index contributed by atoms with van der Waals surface area (Å²) in [6.45, 7) is 0.351. The molecule has 2 aromatic rings. The van der Waals surface area contributed by atoms with Gasteiger partial charge in [-0.3, -0.25) is 4.79 Å². The molecule has 1 atom stereocenters. The van der Waals surface area contributed by atoms with Crippen molar-refractivity contribution in [2.45, 2.75) is 25.1 Å². The van der Waals surface area contributed by atoms with Gasteiger partial charge in [0.2, 0.25) is 11.4 Å². The van der Waals surface area contributed by atoms with Gasteiger partial charge in [-0.1, -0.05) is 6.07 Å². The number of fused-ring (bicyclic) bond motifs is 2. The van der Waals surface area contributed by atoms with Gasteiger partial charge < -0.3 is 19.6 Å². The van der Waals surface area contributed by atoms with Crippen molar-refractivity contribution in [2.24, 2.45) is 0 Å². The van der Waals surface area contributed by atoms with Crippen LogP contribution in [0.4, 0.5) is 18.9 Å². The molecule has 132 valence electrons. The van der Waals surface area contributed by atoms with Crippen LogP contribution in [0, 0.1) is 0 Å². The third kappa shape index (κ3) is 2.98. The lowest BCUT2D eigenvalue weighted by Gasteiger charge is -2.25. The Morgan fingerprint density at radius 2 is 1.96 bits per heavy atom. The highest BCUT2D eigenvalue weighted by Crippen LogP contribution is 2.33. The van der Waals surface area contributed by atoms with E-state index in [1.165, 1.54) is 24.5 Å². The molecule has 1 unspecified atom stereocenters. The van der Waals surface area contributed by atoms with Crippen molar-refractivity contribution in [3.8, 4) is 5.75 Å². The van der Waals surface area contributed by atoms with Gasteiger partial charge in [-0.2, -0.15) is 13.2 Å². The standard InChI is InChI=1S/C16H12F3NO5/c1-15(23,16(17,18)19)14(22)20-10-3-2-8-6-9-4-5-24-12(9)13(21)25-11(8)7-10/h2-5,7,23H,6H2,1H3,(H,20,22). The van der Waals surface area contributed by atoms with Crippen molar-refractivity contribution in [2.75, 3.05) is 5.32 Å². The Labute approximate surface area is 139 Å². The number of esters is 1. The van der Waals surface area contributed by atoms with Gasteiger partial charge in [0.15, 0.2) is 0 Å². The first kappa shape index (κ1) is 17.0. The number of ether oxygens (including phenoxy) is 1. The maximum Gasteiger partial charge on any atom is 0.426 e. The van der Waals surface area contributed by atoms with Gasteiger partial charge >= 0.3 is 12.1 Å². The van der Waals surface area contributed by atoms with E-state index in [1.807, 2.05) is 5.32 Å². The number of carbonyl (C=O) groups is 2. The summed E-state index contributed by atoms with van der Waals surface area (Å²) >= 11 is 0. The topological polar surface area (TPSA) is 88.8 Å². The molecule has 2 N–H and O–H groups in total. The van der Waals surface area contributed by atoms with Crippen LogP contribution in [0.25, 0.3) is 0 Å². The van der Waals surface area contributed by atoms with Crippen molar-refractivity contribution >= 4 is 17.6 Å². The predicted molar refractivity (Wildman–Crippen MR) is 78.2 cm³/mol. The van der Waals surface area contributed by atoms with Gasteiger partial charge in [0.05, 0.1) is 6.26 Å². The molecule has 0 spiro atoms. The summed E-state index contributed by atoms with van der Waals surface area (Å²) in [6.07, 6.45) is -3.46. The average Bonchev–Trinajstić information content (AvgIpc) is 2.92. The van der Waals surface area contributed by atoms with Gasteiger partial charge in [0.1, 0.15) is 5.75 Å². The number of aliphatic hydroxyl groups is 1. The van der Waals surface area contributed by atoms with Gasteiger partial charge in [0.25, 0.3) is 5.91 Å². The van der Waals surface area contributed by atoms with Gasteiger partial charge in [-0.25, -0.2) is 4.79 Å². The van der Waals surface area contributed by atoms with E-state index in [2.05, 4.69) is 0 Å². The molecule has 2 heterocycles. The zero-order chi connectivity index (χ0) is 18.4. The Balaban J connectivity index is 1.86. The van der Waals surface area contributed by atoms with Crippen LogP contribution in [0.15, 0.2) is 34.9 Å². The Morgan fingerprint density at radius 1 is 1.24 bits per heavy atom. The normalized spacial score (nSPS) is 16.1. The Kier molecular flexibility index (Phi) is 3.83. The summed E-state index contributed by atoms with van der Waals surface area (Å²) < 4.78 is 48.3. The van der Waals surface area contributed by atoms with Gasteiger partial charge in [-0.05, 0) is 24.6 Å². The first-order valence-electron chi connectivity index (χ1n) is 7.11. The van der Waals surface area contributed by atoms with E-state index >= 15 is 0 Å². The highest BCUT2D eigenvalue weighted by Gasteiger charge is 2.55. The monoisotopic (exact) mass is 355 g/mol. The number of halogens is 3. The van der Waals surface area contributed by atoms with E-state index in [0.29, 0.717) is 24.5 Å². The number of amides is 1. The zero-order valence-electron chi connectivity index (χ0n) is 12.8. The molecule has 0 saturated heterocycles. The number of carbonyl (C=O) groups excluding carboxylic acids is 2. The number of benzene rings is 1. The van der Waals surface area contributed by atoms with Crippen molar-refractivity contribution in [1.82, 2.24) is 0 Å². The number of hydrogen-bond donors (Lipinski definition) is 2. The van der Waals surface area contributed by atoms with E-state index in [-0.39, 0.29) is 17.2 Å². The van der Waals surface area contributed by atoms with E-state index in [9.17, 15) is 27.9 Å². The molecule has 3 rings (SSSR count). The van der Waals surface area contributed by atoms with Crippen LogP contribution in [-0.4, -0.2) is 28.8 Å². The van der Waals surface area contributed by atoms with Gasteiger partial charge in [-0.15, -0.1) is 0 Å². The summed E-state index contributed by atoms with van der Waals surface area (Å²) in [7, 11) is 0. The Morgan fingerprint density at radius 3 is 2.64 bits per heavy atom. The number of nitrogens with one attached hydrogen (secondary N) is 1. The maximum absolute atomic E-state index is 12.7. The molecule has 1 amide bonds. The van der Waals surface area contributed by atoms with Crippen molar-refractivity contribution in [1.29, 1.82) is 0 Å². The maximum atomic E-state index is 12.7. The minimum atomic E-state index is -5.14. The molecule has 25 heavy (non-hydrogen) atoms. The second-order valence-corrected chi connectivity index (χ2v) is 5.69. The lowest BCUT2D eigenvalue weighted by Crippen LogP contribution is -2.52. The van der Waals surface area contributed by atoms with Crippen molar-refractivity contribution in [3.05, 3.63) is 47.4 Å². The van der Waals surface area contributed by atoms with E-state index < -0.39 is 23.7 Å². The fraction of sp³-hybridized carbons (Fsp3) is 0.250. The fourth-order valence-electron chi connectivity index (χ4n) is 2.26. The highest BCUT2D eigenvalue weighted by atomic mass is 19.4. The molecule has 0 saturated carbocycles. The average molecular weight is 355 g/mol. The minimum Gasteiger partial charge on any atom is -0.457 e.